The van der Waals surface area contributed by atoms with Crippen LogP contribution in [0, 0.1) is 5.92 Å². The van der Waals surface area contributed by atoms with Gasteiger partial charge < -0.3 is 0 Å². The van der Waals surface area contributed by atoms with E-state index >= 15 is 0 Å². The predicted octanol–water partition coefficient (Wildman–Crippen LogP) is 3.43. The van der Waals surface area contributed by atoms with Gasteiger partial charge in [0.05, 0.1) is 0 Å². The Hall–Kier alpha value is -0.930. The summed E-state index contributed by atoms with van der Waals surface area (Å²) in [6.45, 7) is 4.00. The molecule has 1 aromatic heterocycles. The average molecular weight is 228 g/mol. The summed E-state index contributed by atoms with van der Waals surface area (Å²) in [6, 6.07) is 0. The molecule has 0 amide bonds. The third-order valence-electron chi connectivity index (χ3n) is 3.55. The number of halogens is 2. The Morgan fingerprint density at radius 2 is 1.94 bits per heavy atom. The lowest BCUT2D eigenvalue weighted by Crippen LogP contribution is -2.31. The summed E-state index contributed by atoms with van der Waals surface area (Å²) < 4.78 is 26.9. The van der Waals surface area contributed by atoms with Gasteiger partial charge in [0.25, 0.3) is 6.43 Å². The van der Waals surface area contributed by atoms with Gasteiger partial charge >= 0.3 is 0 Å². The van der Waals surface area contributed by atoms with Crippen LogP contribution in [0.2, 0.25) is 0 Å². The van der Waals surface area contributed by atoms with Gasteiger partial charge in [-0.3, -0.25) is 4.68 Å². The number of aryl methyl sites for hydroxylation is 1. The summed E-state index contributed by atoms with van der Waals surface area (Å²) in [6.07, 6.45) is 0.756. The minimum absolute atomic E-state index is 0.0249. The summed E-state index contributed by atoms with van der Waals surface area (Å²) >= 11 is 0. The van der Waals surface area contributed by atoms with E-state index in [9.17, 15) is 8.78 Å². The fourth-order valence-corrected chi connectivity index (χ4v) is 2.91. The predicted molar refractivity (Wildman–Crippen MR) is 58.7 cm³/mol. The Morgan fingerprint density at radius 3 is 2.50 bits per heavy atom. The fraction of sp³-hybridized carbons (Fsp3) is 0.750. The van der Waals surface area contributed by atoms with Crippen molar-refractivity contribution in [3.05, 3.63) is 17.0 Å². The lowest BCUT2D eigenvalue weighted by atomic mass is 9.64. The minimum Gasteiger partial charge on any atom is -0.272 e. The van der Waals surface area contributed by atoms with Crippen LogP contribution in [-0.2, 0) is 13.5 Å². The topological polar surface area (TPSA) is 17.8 Å². The maximum atomic E-state index is 12.6. The number of nitrogens with zero attached hydrogens (tertiary/aromatic N) is 2. The number of rotatable bonds is 1. The number of alkyl halides is 2. The van der Waals surface area contributed by atoms with Crippen LogP contribution in [-0.4, -0.2) is 9.78 Å². The molecule has 0 unspecified atom stereocenters. The molecule has 2 bridgehead atoms. The van der Waals surface area contributed by atoms with Crippen molar-refractivity contribution >= 4 is 0 Å². The molecule has 16 heavy (non-hydrogen) atoms. The normalized spacial score (nSPS) is 25.6. The molecule has 4 rings (SSSR count). The summed E-state index contributed by atoms with van der Waals surface area (Å²) in [5.41, 5.74) is 1.94. The van der Waals surface area contributed by atoms with Crippen LogP contribution >= 0.6 is 0 Å². The second-order valence-electron chi connectivity index (χ2n) is 4.41. The number of hydrogen-bond donors (Lipinski definition) is 0. The molecule has 2 nitrogen and oxygen atoms in total. The SMILES string of the molecule is CC.Cn1nc(C(F)F)c2c1C1CC(C2)C1. The van der Waals surface area contributed by atoms with E-state index in [1.807, 2.05) is 13.8 Å². The van der Waals surface area contributed by atoms with Gasteiger partial charge in [-0.15, -0.1) is 0 Å². The van der Waals surface area contributed by atoms with Crippen LogP contribution in [0.25, 0.3) is 0 Å². The van der Waals surface area contributed by atoms with Gasteiger partial charge in [0.1, 0.15) is 5.69 Å². The number of hydrogen-bond acceptors (Lipinski definition) is 1. The van der Waals surface area contributed by atoms with Crippen molar-refractivity contribution in [1.29, 1.82) is 0 Å². The van der Waals surface area contributed by atoms with E-state index in [-0.39, 0.29) is 5.69 Å². The molecular formula is C12H18F2N2. The van der Waals surface area contributed by atoms with Crippen LogP contribution in [0.4, 0.5) is 8.78 Å². The summed E-state index contributed by atoms with van der Waals surface area (Å²) in [5, 5.41) is 3.94. The molecule has 0 N–H and O–H groups in total. The third-order valence-corrected chi connectivity index (χ3v) is 3.55. The molecule has 0 aliphatic heterocycles. The molecule has 0 atom stereocenters. The number of aromatic nitrogens is 2. The Morgan fingerprint density at radius 1 is 1.31 bits per heavy atom. The Balaban J connectivity index is 0.000000457. The first-order chi connectivity index (χ1) is 7.66. The summed E-state index contributed by atoms with van der Waals surface area (Å²) in [5.74, 6) is 1.16. The van der Waals surface area contributed by atoms with Crippen molar-refractivity contribution in [2.75, 3.05) is 0 Å². The lowest BCUT2D eigenvalue weighted by Gasteiger charge is -2.41. The fourth-order valence-electron chi connectivity index (χ4n) is 2.91. The van der Waals surface area contributed by atoms with Crippen molar-refractivity contribution in [2.45, 2.75) is 45.5 Å². The van der Waals surface area contributed by atoms with Crippen LogP contribution in [0.5, 0.6) is 0 Å². The standard InChI is InChI=1S/C10H12F2N2.C2H6/c1-14-9-6-2-5(3-6)4-7(9)8(13-14)10(11)12;1-2/h5-6,10H,2-4H2,1H3;1-2H3. The largest absolute Gasteiger partial charge is 0.282 e. The summed E-state index contributed by atoms with van der Waals surface area (Å²) in [7, 11) is 1.78. The second-order valence-corrected chi connectivity index (χ2v) is 4.41. The molecule has 0 spiro atoms. The van der Waals surface area contributed by atoms with E-state index in [0.29, 0.717) is 11.8 Å². The molecule has 1 heterocycles. The molecule has 1 saturated carbocycles. The van der Waals surface area contributed by atoms with Crippen LogP contribution < -0.4 is 0 Å². The van der Waals surface area contributed by atoms with Gasteiger partial charge in [-0.2, -0.15) is 5.10 Å². The van der Waals surface area contributed by atoms with E-state index < -0.39 is 6.43 Å². The highest BCUT2D eigenvalue weighted by Crippen LogP contribution is 2.51. The van der Waals surface area contributed by atoms with Gasteiger partial charge in [0.2, 0.25) is 0 Å². The van der Waals surface area contributed by atoms with E-state index in [2.05, 4.69) is 5.10 Å². The molecule has 1 fully saturated rings. The minimum atomic E-state index is -2.41. The maximum absolute atomic E-state index is 12.6. The first-order valence-electron chi connectivity index (χ1n) is 6.00. The quantitative estimate of drug-likeness (QED) is 0.720. The van der Waals surface area contributed by atoms with E-state index in [0.717, 1.165) is 17.7 Å². The Labute approximate surface area is 94.6 Å². The van der Waals surface area contributed by atoms with Crippen molar-refractivity contribution in [3.63, 3.8) is 0 Å². The monoisotopic (exact) mass is 228 g/mol. The first kappa shape index (κ1) is 11.6. The van der Waals surface area contributed by atoms with Gasteiger partial charge in [0.15, 0.2) is 0 Å². The van der Waals surface area contributed by atoms with Crippen LogP contribution in [0.1, 0.15) is 56.0 Å². The van der Waals surface area contributed by atoms with E-state index in [1.54, 1.807) is 11.7 Å². The van der Waals surface area contributed by atoms with Gasteiger partial charge in [0, 0.05) is 24.2 Å². The molecule has 90 valence electrons. The van der Waals surface area contributed by atoms with Gasteiger partial charge in [-0.05, 0) is 25.2 Å². The Bertz CT molecular complexity index is 379. The third kappa shape index (κ3) is 1.55. The van der Waals surface area contributed by atoms with Crippen LogP contribution in [0.15, 0.2) is 0 Å². The van der Waals surface area contributed by atoms with Gasteiger partial charge in [-0.25, -0.2) is 8.78 Å². The molecule has 3 aliphatic rings. The highest BCUT2D eigenvalue weighted by Gasteiger charge is 2.42. The van der Waals surface area contributed by atoms with Crippen molar-refractivity contribution in [2.24, 2.45) is 13.0 Å². The second kappa shape index (κ2) is 4.15. The van der Waals surface area contributed by atoms with Gasteiger partial charge in [-0.1, -0.05) is 13.8 Å². The van der Waals surface area contributed by atoms with Crippen molar-refractivity contribution in [1.82, 2.24) is 9.78 Å². The lowest BCUT2D eigenvalue weighted by molar-refractivity contribution is 0.142. The van der Waals surface area contributed by atoms with Crippen molar-refractivity contribution < 1.29 is 8.78 Å². The molecule has 0 aromatic carbocycles. The average Bonchev–Trinajstić information content (AvgIpc) is 2.59. The first-order valence-corrected chi connectivity index (χ1v) is 6.00. The molecule has 0 saturated heterocycles. The van der Waals surface area contributed by atoms with E-state index in [1.165, 1.54) is 12.8 Å². The molecule has 1 aromatic rings. The molecule has 4 heteroatoms. The van der Waals surface area contributed by atoms with Crippen LogP contribution in [0.3, 0.4) is 0 Å². The zero-order valence-electron chi connectivity index (χ0n) is 10.0. The highest BCUT2D eigenvalue weighted by molar-refractivity contribution is 5.36. The molecule has 0 radical (unpaired) electrons. The maximum Gasteiger partial charge on any atom is 0.282 e. The smallest absolute Gasteiger partial charge is 0.272 e. The molecule has 3 aliphatic carbocycles. The molecular weight excluding hydrogens is 210 g/mol. The van der Waals surface area contributed by atoms with Crippen molar-refractivity contribution in [3.8, 4) is 0 Å². The summed E-state index contributed by atoms with van der Waals surface area (Å²) in [4.78, 5) is 0. The van der Waals surface area contributed by atoms with E-state index in [4.69, 9.17) is 0 Å². The zero-order valence-corrected chi connectivity index (χ0v) is 10.0. The highest BCUT2D eigenvalue weighted by atomic mass is 19.3. The Kier molecular flexibility index (Phi) is 3.00. The zero-order chi connectivity index (χ0) is 11.9.